The molecule has 1 nitrogen and oxygen atoms in total. The standard InChI is InChI=1S/C52H39N/c1-51(2)47-25-12-9-24-45(47)46-35-42(32-33-48(46)51)53(40-30-28-37(29-31-40)36-16-5-3-6-17-36)41-21-15-20-39(34-41)52(38-18-7-4-8-19-38)49-26-13-10-22-43(49)44-23-11-14-27-50(44)52/h3-35H,1-2H3. The molecule has 0 fully saturated rings. The van der Waals surface area contributed by atoms with Crippen LogP contribution in [0.1, 0.15) is 47.2 Å². The van der Waals surface area contributed by atoms with E-state index in [1.54, 1.807) is 0 Å². The van der Waals surface area contributed by atoms with Gasteiger partial charge in [-0.1, -0.05) is 178 Å². The zero-order chi connectivity index (χ0) is 35.6. The zero-order valence-electron chi connectivity index (χ0n) is 30.0. The van der Waals surface area contributed by atoms with Crippen LogP contribution in [0.3, 0.4) is 0 Å². The molecule has 0 saturated carbocycles. The fourth-order valence-electron chi connectivity index (χ4n) is 9.32. The van der Waals surface area contributed by atoms with Crippen LogP contribution in [0.2, 0.25) is 0 Å². The van der Waals surface area contributed by atoms with Gasteiger partial charge in [0.25, 0.3) is 0 Å². The summed E-state index contributed by atoms with van der Waals surface area (Å²) in [7, 11) is 0. The third-order valence-electron chi connectivity index (χ3n) is 11.8. The van der Waals surface area contributed by atoms with Crippen LogP contribution in [-0.2, 0) is 10.8 Å². The van der Waals surface area contributed by atoms with Crippen LogP contribution >= 0.6 is 0 Å². The monoisotopic (exact) mass is 677 g/mol. The van der Waals surface area contributed by atoms with Crippen molar-refractivity contribution in [1.82, 2.24) is 0 Å². The van der Waals surface area contributed by atoms with Gasteiger partial charge < -0.3 is 4.90 Å². The van der Waals surface area contributed by atoms with Crippen molar-refractivity contribution >= 4 is 17.1 Å². The van der Waals surface area contributed by atoms with Crippen LogP contribution in [-0.4, -0.2) is 0 Å². The van der Waals surface area contributed by atoms with E-state index in [1.807, 2.05) is 0 Å². The van der Waals surface area contributed by atoms with E-state index in [0.29, 0.717) is 0 Å². The highest BCUT2D eigenvalue weighted by atomic mass is 15.1. The second kappa shape index (κ2) is 12.1. The molecule has 8 aromatic carbocycles. The summed E-state index contributed by atoms with van der Waals surface area (Å²) in [6, 6.07) is 74.0. The fraction of sp³-hybridized carbons (Fsp3) is 0.0769. The summed E-state index contributed by atoms with van der Waals surface area (Å²) >= 11 is 0. The van der Waals surface area contributed by atoms with Gasteiger partial charge in [0, 0.05) is 22.5 Å². The lowest BCUT2D eigenvalue weighted by Gasteiger charge is -2.35. The summed E-state index contributed by atoms with van der Waals surface area (Å²) < 4.78 is 0. The Labute approximate surface area is 312 Å². The highest BCUT2D eigenvalue weighted by Crippen LogP contribution is 2.57. The Morgan fingerprint density at radius 3 is 1.45 bits per heavy atom. The summed E-state index contributed by atoms with van der Waals surface area (Å²) in [5.74, 6) is 0. The van der Waals surface area contributed by atoms with Crippen LogP contribution in [0.5, 0.6) is 0 Å². The van der Waals surface area contributed by atoms with E-state index < -0.39 is 5.41 Å². The summed E-state index contributed by atoms with van der Waals surface area (Å²) in [6.45, 7) is 4.70. The molecule has 0 amide bonds. The minimum Gasteiger partial charge on any atom is -0.310 e. The Hall–Kier alpha value is -6.44. The lowest BCUT2D eigenvalue weighted by atomic mass is 9.67. The van der Waals surface area contributed by atoms with Crippen molar-refractivity contribution in [3.63, 3.8) is 0 Å². The molecule has 1 heteroatoms. The van der Waals surface area contributed by atoms with Crippen LogP contribution in [0.15, 0.2) is 200 Å². The summed E-state index contributed by atoms with van der Waals surface area (Å²) in [4.78, 5) is 2.44. The van der Waals surface area contributed by atoms with Crippen LogP contribution in [0.4, 0.5) is 17.1 Å². The smallest absolute Gasteiger partial charge is 0.0714 e. The van der Waals surface area contributed by atoms with Gasteiger partial charge in [0.1, 0.15) is 0 Å². The molecule has 10 rings (SSSR count). The Balaban J connectivity index is 1.20. The van der Waals surface area contributed by atoms with Crippen molar-refractivity contribution in [2.75, 3.05) is 4.90 Å². The minimum absolute atomic E-state index is 0.0577. The lowest BCUT2D eigenvalue weighted by molar-refractivity contribution is 0.660. The zero-order valence-corrected chi connectivity index (χ0v) is 30.0. The Morgan fingerprint density at radius 2 is 0.792 bits per heavy atom. The molecule has 0 N–H and O–H groups in total. The van der Waals surface area contributed by atoms with Gasteiger partial charge in [0.05, 0.1) is 5.41 Å². The molecule has 0 spiro atoms. The molecule has 0 atom stereocenters. The molecule has 0 aliphatic heterocycles. The van der Waals surface area contributed by atoms with Gasteiger partial charge in [0.15, 0.2) is 0 Å². The molecular weight excluding hydrogens is 639 g/mol. The maximum absolute atomic E-state index is 2.44. The van der Waals surface area contributed by atoms with E-state index in [0.717, 1.165) is 17.1 Å². The summed E-state index contributed by atoms with van der Waals surface area (Å²) in [5.41, 5.74) is 18.4. The number of fused-ring (bicyclic) bond motifs is 6. The third kappa shape index (κ3) is 4.70. The van der Waals surface area contributed by atoms with Crippen LogP contribution in [0.25, 0.3) is 33.4 Å². The van der Waals surface area contributed by atoms with Gasteiger partial charge in [-0.15, -0.1) is 0 Å². The van der Waals surface area contributed by atoms with E-state index >= 15 is 0 Å². The maximum atomic E-state index is 2.44. The van der Waals surface area contributed by atoms with Crippen molar-refractivity contribution in [2.24, 2.45) is 0 Å². The second-order valence-electron chi connectivity index (χ2n) is 14.9. The number of hydrogen-bond donors (Lipinski definition) is 0. The first kappa shape index (κ1) is 31.3. The molecule has 0 aromatic heterocycles. The highest BCUT2D eigenvalue weighted by Gasteiger charge is 2.46. The first-order chi connectivity index (χ1) is 26.0. The first-order valence-electron chi connectivity index (χ1n) is 18.6. The predicted octanol–water partition coefficient (Wildman–Crippen LogP) is 13.5. The lowest BCUT2D eigenvalue weighted by Crippen LogP contribution is -2.28. The quantitative estimate of drug-likeness (QED) is 0.169. The number of anilines is 3. The molecule has 0 bridgehead atoms. The van der Waals surface area contributed by atoms with Crippen molar-refractivity contribution in [3.05, 3.63) is 234 Å². The largest absolute Gasteiger partial charge is 0.310 e. The highest BCUT2D eigenvalue weighted by molar-refractivity contribution is 5.89. The molecule has 8 aromatic rings. The number of benzene rings is 8. The van der Waals surface area contributed by atoms with Gasteiger partial charge in [-0.2, -0.15) is 0 Å². The van der Waals surface area contributed by atoms with Crippen molar-refractivity contribution < 1.29 is 0 Å². The Morgan fingerprint density at radius 1 is 0.321 bits per heavy atom. The summed E-state index contributed by atoms with van der Waals surface area (Å²) in [5, 5.41) is 0. The topological polar surface area (TPSA) is 3.24 Å². The average molecular weight is 678 g/mol. The fourth-order valence-corrected chi connectivity index (χ4v) is 9.32. The number of rotatable bonds is 6. The normalized spacial score (nSPS) is 14.2. The van der Waals surface area contributed by atoms with E-state index in [-0.39, 0.29) is 5.41 Å². The Kier molecular flexibility index (Phi) is 7.13. The second-order valence-corrected chi connectivity index (χ2v) is 14.9. The third-order valence-corrected chi connectivity index (χ3v) is 11.8. The van der Waals surface area contributed by atoms with E-state index in [2.05, 4.69) is 219 Å². The van der Waals surface area contributed by atoms with Crippen molar-refractivity contribution in [3.8, 4) is 33.4 Å². The molecule has 0 radical (unpaired) electrons. The van der Waals surface area contributed by atoms with E-state index in [4.69, 9.17) is 0 Å². The molecule has 53 heavy (non-hydrogen) atoms. The summed E-state index contributed by atoms with van der Waals surface area (Å²) in [6.07, 6.45) is 0. The van der Waals surface area contributed by atoms with Gasteiger partial charge in [-0.3, -0.25) is 0 Å². The number of nitrogens with zero attached hydrogens (tertiary/aromatic N) is 1. The molecular formula is C52H39N. The molecule has 2 aliphatic carbocycles. The van der Waals surface area contributed by atoms with Gasteiger partial charge in [0.2, 0.25) is 0 Å². The van der Waals surface area contributed by atoms with E-state index in [9.17, 15) is 0 Å². The van der Waals surface area contributed by atoms with Gasteiger partial charge in [-0.25, -0.2) is 0 Å². The Bertz CT molecular complexity index is 2590. The van der Waals surface area contributed by atoms with Crippen molar-refractivity contribution in [2.45, 2.75) is 24.7 Å². The van der Waals surface area contributed by atoms with E-state index in [1.165, 1.54) is 66.8 Å². The van der Waals surface area contributed by atoms with Gasteiger partial charge in [-0.05, 0) is 103 Å². The molecule has 0 heterocycles. The van der Waals surface area contributed by atoms with Crippen LogP contribution < -0.4 is 4.90 Å². The molecule has 0 unspecified atom stereocenters. The number of hydrogen-bond acceptors (Lipinski definition) is 1. The predicted molar refractivity (Wildman–Crippen MR) is 221 cm³/mol. The molecule has 2 aliphatic rings. The minimum atomic E-state index is -0.478. The molecule has 252 valence electrons. The maximum Gasteiger partial charge on any atom is 0.0714 e. The SMILES string of the molecule is CC1(C)c2ccccc2-c2cc(N(c3ccc(-c4ccccc4)cc3)c3cccc(C4(c5ccccc5)c5ccccc5-c5ccccc54)c3)ccc21. The van der Waals surface area contributed by atoms with Crippen molar-refractivity contribution in [1.29, 1.82) is 0 Å². The van der Waals surface area contributed by atoms with Crippen LogP contribution in [0, 0.1) is 0 Å². The first-order valence-corrected chi connectivity index (χ1v) is 18.6. The molecule has 0 saturated heterocycles. The average Bonchev–Trinajstić information content (AvgIpc) is 3.65. The van der Waals surface area contributed by atoms with Gasteiger partial charge >= 0.3 is 0 Å².